The van der Waals surface area contributed by atoms with Gasteiger partial charge >= 0.3 is 0 Å². The largest absolute Gasteiger partial charge is 0.325 e. The summed E-state index contributed by atoms with van der Waals surface area (Å²) in [6, 6.07) is 7.30. The van der Waals surface area contributed by atoms with Gasteiger partial charge in [-0.25, -0.2) is 13.6 Å². The van der Waals surface area contributed by atoms with Gasteiger partial charge in [0, 0.05) is 5.69 Å². The molecule has 96 valence electrons. The van der Waals surface area contributed by atoms with Gasteiger partial charge in [-0.2, -0.15) is 5.26 Å². The van der Waals surface area contributed by atoms with Crippen molar-refractivity contribution in [1.82, 2.24) is 0 Å². The zero-order valence-electron chi connectivity index (χ0n) is 9.75. The highest BCUT2D eigenvalue weighted by Gasteiger charge is 2.15. The van der Waals surface area contributed by atoms with Crippen LogP contribution in [-0.4, -0.2) is 14.3 Å². The number of primary sulfonamides is 1. The van der Waals surface area contributed by atoms with Crippen molar-refractivity contribution >= 4 is 21.6 Å². The first-order valence-corrected chi connectivity index (χ1v) is 6.76. The predicted octanol–water partition coefficient (Wildman–Crippen LogP) is 0.822. The zero-order chi connectivity index (χ0) is 13.8. The molecule has 0 radical (unpaired) electrons. The van der Waals surface area contributed by atoms with Crippen molar-refractivity contribution in [2.45, 2.75) is 18.2 Å². The van der Waals surface area contributed by atoms with E-state index in [2.05, 4.69) is 5.32 Å². The van der Waals surface area contributed by atoms with Crippen LogP contribution < -0.4 is 10.5 Å². The molecule has 1 aromatic carbocycles. The van der Waals surface area contributed by atoms with E-state index in [1.165, 1.54) is 24.3 Å². The van der Waals surface area contributed by atoms with Crippen molar-refractivity contribution in [2.24, 2.45) is 11.1 Å². The summed E-state index contributed by atoms with van der Waals surface area (Å²) in [5.41, 5.74) is 0.418. The molecule has 0 aliphatic carbocycles. The van der Waals surface area contributed by atoms with Crippen LogP contribution in [0.5, 0.6) is 0 Å². The van der Waals surface area contributed by atoms with Crippen LogP contribution in [0.15, 0.2) is 29.2 Å². The first-order valence-electron chi connectivity index (χ1n) is 5.21. The highest BCUT2D eigenvalue weighted by molar-refractivity contribution is 7.89. The molecule has 0 bridgehead atoms. The number of nitrogens with two attached hydrogens (primary N) is 1. The topological polar surface area (TPSA) is 113 Å². The number of hydrogen-bond donors (Lipinski definition) is 2. The van der Waals surface area contributed by atoms with E-state index in [0.717, 1.165) is 0 Å². The monoisotopic (exact) mass is 267 g/mol. The molecule has 1 unspecified atom stereocenters. The number of benzene rings is 1. The van der Waals surface area contributed by atoms with Crippen LogP contribution >= 0.6 is 0 Å². The molecule has 6 nitrogen and oxygen atoms in total. The number of nitrogens with one attached hydrogen (secondary N) is 1. The number of anilines is 1. The van der Waals surface area contributed by atoms with Crippen LogP contribution in [0.25, 0.3) is 0 Å². The Balaban J connectivity index is 2.83. The van der Waals surface area contributed by atoms with Gasteiger partial charge in [0.25, 0.3) is 0 Å². The molecule has 0 aliphatic heterocycles. The standard InChI is InChI=1S/C11H13N3O3S/c1-2-8(7-12)11(15)14-9-3-5-10(6-4-9)18(13,16)17/h3-6,8H,2H2,1H3,(H,14,15)(H2,13,16,17). The Kier molecular flexibility index (Phi) is 4.42. The van der Waals surface area contributed by atoms with Crippen LogP contribution in [0.2, 0.25) is 0 Å². The molecule has 1 rings (SSSR count). The van der Waals surface area contributed by atoms with E-state index < -0.39 is 21.8 Å². The lowest BCUT2D eigenvalue weighted by Crippen LogP contribution is -2.21. The van der Waals surface area contributed by atoms with Gasteiger partial charge in [-0.1, -0.05) is 6.92 Å². The molecule has 0 fully saturated rings. The van der Waals surface area contributed by atoms with Crippen molar-refractivity contribution in [2.75, 3.05) is 5.32 Å². The van der Waals surface area contributed by atoms with E-state index in [1.54, 1.807) is 6.92 Å². The first-order chi connectivity index (χ1) is 8.38. The van der Waals surface area contributed by atoms with Crippen molar-refractivity contribution in [3.05, 3.63) is 24.3 Å². The Morgan fingerprint density at radius 1 is 1.44 bits per heavy atom. The van der Waals surface area contributed by atoms with Gasteiger partial charge in [0.2, 0.25) is 15.9 Å². The zero-order valence-corrected chi connectivity index (χ0v) is 10.6. The first kappa shape index (κ1) is 14.2. The number of nitrogens with zero attached hydrogens (tertiary/aromatic N) is 1. The highest BCUT2D eigenvalue weighted by Crippen LogP contribution is 2.14. The summed E-state index contributed by atoms with van der Waals surface area (Å²) in [7, 11) is -3.74. The van der Waals surface area contributed by atoms with E-state index in [1.807, 2.05) is 6.07 Å². The molecule has 0 spiro atoms. The molecule has 3 N–H and O–H groups in total. The van der Waals surface area contributed by atoms with Crippen LogP contribution in [0, 0.1) is 17.2 Å². The second-order valence-electron chi connectivity index (χ2n) is 3.65. The van der Waals surface area contributed by atoms with E-state index in [0.29, 0.717) is 12.1 Å². The van der Waals surface area contributed by atoms with Crippen LogP contribution in [-0.2, 0) is 14.8 Å². The molecule has 0 aliphatic rings. The number of sulfonamides is 1. The summed E-state index contributed by atoms with van der Waals surface area (Å²) in [6.07, 6.45) is 0.414. The van der Waals surface area contributed by atoms with Gasteiger partial charge in [-0.05, 0) is 30.7 Å². The molecule has 1 atom stereocenters. The lowest BCUT2D eigenvalue weighted by molar-refractivity contribution is -0.118. The minimum Gasteiger partial charge on any atom is -0.325 e. The van der Waals surface area contributed by atoms with E-state index in [9.17, 15) is 13.2 Å². The Labute approximate surface area is 105 Å². The van der Waals surface area contributed by atoms with Crippen molar-refractivity contribution in [3.63, 3.8) is 0 Å². The van der Waals surface area contributed by atoms with Crippen molar-refractivity contribution in [3.8, 4) is 6.07 Å². The summed E-state index contributed by atoms with van der Waals surface area (Å²) in [4.78, 5) is 11.5. The quantitative estimate of drug-likeness (QED) is 0.840. The molecule has 0 heterocycles. The van der Waals surface area contributed by atoms with Gasteiger partial charge in [0.05, 0.1) is 11.0 Å². The fraction of sp³-hybridized carbons (Fsp3) is 0.273. The predicted molar refractivity (Wildman–Crippen MR) is 65.8 cm³/mol. The Hall–Kier alpha value is -1.91. The summed E-state index contributed by atoms with van der Waals surface area (Å²) >= 11 is 0. The molecule has 0 aromatic heterocycles. The van der Waals surface area contributed by atoms with Gasteiger partial charge in [0.15, 0.2) is 0 Å². The summed E-state index contributed by atoms with van der Waals surface area (Å²) < 4.78 is 22.0. The maximum absolute atomic E-state index is 11.6. The average molecular weight is 267 g/mol. The third kappa shape index (κ3) is 3.55. The average Bonchev–Trinajstić information content (AvgIpc) is 2.30. The number of rotatable bonds is 4. The minimum atomic E-state index is -3.74. The van der Waals surface area contributed by atoms with Gasteiger partial charge < -0.3 is 5.32 Å². The summed E-state index contributed by atoms with van der Waals surface area (Å²) in [5, 5.41) is 16.2. The van der Waals surface area contributed by atoms with Crippen molar-refractivity contribution in [1.29, 1.82) is 5.26 Å². The molecule has 18 heavy (non-hydrogen) atoms. The van der Waals surface area contributed by atoms with E-state index >= 15 is 0 Å². The Morgan fingerprint density at radius 3 is 2.39 bits per heavy atom. The number of carbonyl (C=O) groups is 1. The Bertz CT molecular complexity index is 573. The van der Waals surface area contributed by atoms with Crippen LogP contribution in [0.1, 0.15) is 13.3 Å². The number of nitriles is 1. The SMILES string of the molecule is CCC(C#N)C(=O)Nc1ccc(S(N)(=O)=O)cc1. The second-order valence-corrected chi connectivity index (χ2v) is 5.21. The molecular formula is C11H13N3O3S. The molecule has 7 heteroatoms. The normalized spacial score (nSPS) is 12.5. The molecular weight excluding hydrogens is 254 g/mol. The fourth-order valence-corrected chi connectivity index (χ4v) is 1.81. The lowest BCUT2D eigenvalue weighted by atomic mass is 10.1. The summed E-state index contributed by atoms with van der Waals surface area (Å²) in [6.45, 7) is 1.73. The number of carbonyl (C=O) groups excluding carboxylic acids is 1. The molecule has 1 aromatic rings. The van der Waals surface area contributed by atoms with Gasteiger partial charge in [-0.15, -0.1) is 0 Å². The third-order valence-corrected chi connectivity index (χ3v) is 3.26. The van der Waals surface area contributed by atoms with E-state index in [4.69, 9.17) is 10.4 Å². The number of amides is 1. The molecule has 0 saturated carbocycles. The maximum atomic E-state index is 11.6. The van der Waals surface area contributed by atoms with Crippen molar-refractivity contribution < 1.29 is 13.2 Å². The summed E-state index contributed by atoms with van der Waals surface area (Å²) in [5.74, 6) is -1.13. The smallest absolute Gasteiger partial charge is 0.241 e. The third-order valence-electron chi connectivity index (χ3n) is 2.33. The van der Waals surface area contributed by atoms with Gasteiger partial charge in [0.1, 0.15) is 5.92 Å². The maximum Gasteiger partial charge on any atom is 0.241 e. The molecule has 1 amide bonds. The van der Waals surface area contributed by atoms with Gasteiger partial charge in [-0.3, -0.25) is 4.79 Å². The fourth-order valence-electron chi connectivity index (χ4n) is 1.29. The van der Waals surface area contributed by atoms with E-state index in [-0.39, 0.29) is 4.90 Å². The van der Waals surface area contributed by atoms with Crippen LogP contribution in [0.3, 0.4) is 0 Å². The van der Waals surface area contributed by atoms with Crippen LogP contribution in [0.4, 0.5) is 5.69 Å². The molecule has 0 saturated heterocycles. The highest BCUT2D eigenvalue weighted by atomic mass is 32.2. The lowest BCUT2D eigenvalue weighted by Gasteiger charge is -2.08. The Morgan fingerprint density at radius 2 is 2.00 bits per heavy atom. The number of hydrogen-bond acceptors (Lipinski definition) is 4. The minimum absolute atomic E-state index is 0.0344. The second kappa shape index (κ2) is 5.62.